The summed E-state index contributed by atoms with van der Waals surface area (Å²) in [6.07, 6.45) is 0. The molecule has 7 heteroatoms. The Morgan fingerprint density at radius 2 is 1.89 bits per heavy atom. The molecule has 5 nitrogen and oxygen atoms in total. The van der Waals surface area contributed by atoms with Gasteiger partial charge in [0.05, 0.1) is 11.3 Å². The van der Waals surface area contributed by atoms with Gasteiger partial charge in [0.2, 0.25) is 5.91 Å². The van der Waals surface area contributed by atoms with Gasteiger partial charge >= 0.3 is 0 Å². The molecule has 0 atom stereocenters. The van der Waals surface area contributed by atoms with Crippen molar-refractivity contribution in [1.29, 1.82) is 0 Å². The minimum atomic E-state index is -0.305. The van der Waals surface area contributed by atoms with Crippen LogP contribution in [0.25, 0.3) is 0 Å². The third-order valence-corrected chi connectivity index (χ3v) is 4.69. The van der Waals surface area contributed by atoms with Crippen molar-refractivity contribution in [2.45, 2.75) is 45.2 Å². The number of aromatic nitrogens is 1. The van der Waals surface area contributed by atoms with Gasteiger partial charge < -0.3 is 10.6 Å². The van der Waals surface area contributed by atoms with Gasteiger partial charge in [0.1, 0.15) is 5.03 Å². The van der Waals surface area contributed by atoms with E-state index in [0.717, 1.165) is 11.3 Å². The molecule has 2 rings (SSSR count). The van der Waals surface area contributed by atoms with E-state index in [4.69, 9.17) is 11.6 Å². The first kappa shape index (κ1) is 21.3. The topological polar surface area (TPSA) is 71.1 Å². The van der Waals surface area contributed by atoms with Crippen molar-refractivity contribution < 1.29 is 9.59 Å². The third-order valence-electron chi connectivity index (χ3n) is 3.48. The van der Waals surface area contributed by atoms with Crippen molar-refractivity contribution in [3.8, 4) is 0 Å². The SMILES string of the molecule is Cc1cc(C)c(C(=O)Nc2cccc(Cl)c2)c(SCC(=O)NC(C)(C)C)n1. The molecule has 2 N–H and O–H groups in total. The van der Waals surface area contributed by atoms with Gasteiger partial charge in [-0.3, -0.25) is 9.59 Å². The number of halogens is 1. The van der Waals surface area contributed by atoms with E-state index in [1.54, 1.807) is 24.3 Å². The molecule has 0 aliphatic heterocycles. The zero-order chi connectivity index (χ0) is 20.2. The summed E-state index contributed by atoms with van der Waals surface area (Å²) in [5.41, 5.74) is 2.37. The summed E-state index contributed by atoms with van der Waals surface area (Å²) < 4.78 is 0. The number of hydrogen-bond donors (Lipinski definition) is 2. The van der Waals surface area contributed by atoms with Gasteiger partial charge in [-0.05, 0) is 64.4 Å². The van der Waals surface area contributed by atoms with Gasteiger partial charge in [0.15, 0.2) is 0 Å². The summed E-state index contributed by atoms with van der Waals surface area (Å²) in [6.45, 7) is 9.50. The lowest BCUT2D eigenvalue weighted by Crippen LogP contribution is -2.41. The van der Waals surface area contributed by atoms with E-state index in [0.29, 0.717) is 21.3 Å². The van der Waals surface area contributed by atoms with Crippen LogP contribution in [-0.2, 0) is 4.79 Å². The fourth-order valence-electron chi connectivity index (χ4n) is 2.53. The van der Waals surface area contributed by atoms with Crippen molar-refractivity contribution >= 4 is 40.9 Å². The molecule has 0 aliphatic carbocycles. The molecule has 2 aromatic rings. The van der Waals surface area contributed by atoms with Crippen LogP contribution < -0.4 is 10.6 Å². The summed E-state index contributed by atoms with van der Waals surface area (Å²) >= 11 is 7.24. The van der Waals surface area contributed by atoms with Crippen molar-refractivity contribution in [1.82, 2.24) is 10.3 Å². The number of pyridine rings is 1. The van der Waals surface area contributed by atoms with Crippen LogP contribution in [-0.4, -0.2) is 28.1 Å². The second kappa shape index (κ2) is 8.76. The smallest absolute Gasteiger partial charge is 0.258 e. The predicted molar refractivity (Wildman–Crippen MR) is 112 cm³/mol. The monoisotopic (exact) mass is 405 g/mol. The molecule has 0 radical (unpaired) electrons. The number of nitrogens with one attached hydrogen (secondary N) is 2. The van der Waals surface area contributed by atoms with Gasteiger partial charge in [0, 0.05) is 21.9 Å². The summed E-state index contributed by atoms with van der Waals surface area (Å²) in [5, 5.41) is 6.84. The van der Waals surface area contributed by atoms with Gasteiger partial charge in [-0.2, -0.15) is 0 Å². The molecule has 2 amide bonds. The Hall–Kier alpha value is -2.05. The first-order chi connectivity index (χ1) is 12.5. The number of hydrogen-bond acceptors (Lipinski definition) is 4. The lowest BCUT2D eigenvalue weighted by atomic mass is 10.1. The average Bonchev–Trinajstić information content (AvgIpc) is 2.50. The summed E-state index contributed by atoms with van der Waals surface area (Å²) in [7, 11) is 0. The van der Waals surface area contributed by atoms with E-state index in [1.807, 2.05) is 40.7 Å². The Morgan fingerprint density at radius 3 is 2.52 bits per heavy atom. The highest BCUT2D eigenvalue weighted by atomic mass is 35.5. The maximum Gasteiger partial charge on any atom is 0.258 e. The maximum absolute atomic E-state index is 12.8. The predicted octanol–water partition coefficient (Wildman–Crippen LogP) is 4.61. The quantitative estimate of drug-likeness (QED) is 0.712. The lowest BCUT2D eigenvalue weighted by Gasteiger charge is -2.20. The fraction of sp³-hybridized carbons (Fsp3) is 0.350. The average molecular weight is 406 g/mol. The van der Waals surface area contributed by atoms with Gasteiger partial charge in [0.25, 0.3) is 5.91 Å². The molecule has 27 heavy (non-hydrogen) atoms. The molecule has 0 fully saturated rings. The summed E-state index contributed by atoms with van der Waals surface area (Å²) in [5.74, 6) is -0.194. The second-order valence-corrected chi connectivity index (χ2v) is 8.71. The minimum Gasteiger partial charge on any atom is -0.351 e. The Balaban J connectivity index is 2.22. The van der Waals surface area contributed by atoms with Crippen LogP contribution in [0.2, 0.25) is 5.02 Å². The molecular formula is C20H24ClN3O2S. The van der Waals surface area contributed by atoms with Crippen LogP contribution in [0, 0.1) is 13.8 Å². The molecule has 0 aliphatic rings. The number of carbonyl (C=O) groups is 2. The van der Waals surface area contributed by atoms with Crippen LogP contribution in [0.15, 0.2) is 35.4 Å². The van der Waals surface area contributed by atoms with Crippen molar-refractivity contribution in [3.05, 3.63) is 52.2 Å². The summed E-state index contributed by atoms with van der Waals surface area (Å²) in [4.78, 5) is 29.5. The van der Waals surface area contributed by atoms with Gasteiger partial charge in [-0.25, -0.2) is 4.98 Å². The molecule has 1 aromatic heterocycles. The lowest BCUT2D eigenvalue weighted by molar-refractivity contribution is -0.119. The Labute approximate surface area is 169 Å². The number of thioether (sulfide) groups is 1. The molecule has 1 heterocycles. The molecule has 0 bridgehead atoms. The van der Waals surface area contributed by atoms with Gasteiger partial charge in [-0.1, -0.05) is 29.4 Å². The van der Waals surface area contributed by atoms with Crippen molar-refractivity contribution in [3.63, 3.8) is 0 Å². The van der Waals surface area contributed by atoms with Crippen molar-refractivity contribution in [2.24, 2.45) is 0 Å². The standard InChI is InChI=1S/C20H24ClN3O2S/c1-12-9-13(2)22-19(27-11-16(25)24-20(3,4)5)17(12)18(26)23-15-8-6-7-14(21)10-15/h6-10H,11H2,1-5H3,(H,23,26)(H,24,25). The highest BCUT2D eigenvalue weighted by molar-refractivity contribution is 8.00. The highest BCUT2D eigenvalue weighted by Crippen LogP contribution is 2.26. The normalized spacial score (nSPS) is 11.2. The third kappa shape index (κ3) is 6.56. The van der Waals surface area contributed by atoms with E-state index in [2.05, 4.69) is 15.6 Å². The number of anilines is 1. The molecule has 0 saturated heterocycles. The number of aryl methyl sites for hydroxylation is 2. The first-order valence-electron chi connectivity index (χ1n) is 8.54. The molecule has 0 saturated carbocycles. The zero-order valence-corrected chi connectivity index (χ0v) is 17.7. The summed E-state index contributed by atoms with van der Waals surface area (Å²) in [6, 6.07) is 8.81. The van der Waals surface area contributed by atoms with E-state index in [-0.39, 0.29) is 23.1 Å². The Kier molecular flexibility index (Phi) is 6.89. The fourth-order valence-corrected chi connectivity index (χ4v) is 3.67. The number of rotatable bonds is 5. The van der Waals surface area contributed by atoms with E-state index < -0.39 is 0 Å². The zero-order valence-electron chi connectivity index (χ0n) is 16.1. The number of carbonyl (C=O) groups excluding carboxylic acids is 2. The van der Waals surface area contributed by atoms with Crippen LogP contribution in [0.1, 0.15) is 42.4 Å². The molecule has 144 valence electrons. The van der Waals surface area contributed by atoms with E-state index in [9.17, 15) is 9.59 Å². The molecule has 0 spiro atoms. The maximum atomic E-state index is 12.8. The molecule has 0 unspecified atom stereocenters. The highest BCUT2D eigenvalue weighted by Gasteiger charge is 2.20. The van der Waals surface area contributed by atoms with Crippen molar-refractivity contribution in [2.75, 3.05) is 11.1 Å². The largest absolute Gasteiger partial charge is 0.351 e. The number of nitrogens with zero attached hydrogens (tertiary/aromatic N) is 1. The number of benzene rings is 1. The van der Waals surface area contributed by atoms with Gasteiger partial charge in [-0.15, -0.1) is 0 Å². The van der Waals surface area contributed by atoms with E-state index in [1.165, 1.54) is 11.8 Å². The van der Waals surface area contributed by atoms with Crippen LogP contribution >= 0.6 is 23.4 Å². The Bertz CT molecular complexity index is 863. The molecular weight excluding hydrogens is 382 g/mol. The minimum absolute atomic E-state index is 0.102. The first-order valence-corrected chi connectivity index (χ1v) is 9.90. The molecule has 1 aromatic carbocycles. The van der Waals surface area contributed by atoms with Crippen LogP contribution in [0.5, 0.6) is 0 Å². The van der Waals surface area contributed by atoms with Crippen LogP contribution in [0.3, 0.4) is 0 Å². The second-order valence-electron chi connectivity index (χ2n) is 7.31. The van der Waals surface area contributed by atoms with Crippen LogP contribution in [0.4, 0.5) is 5.69 Å². The number of amides is 2. The van der Waals surface area contributed by atoms with E-state index >= 15 is 0 Å². The Morgan fingerprint density at radius 1 is 1.19 bits per heavy atom.